The Kier molecular flexibility index (Phi) is 5.52. The molecular weight excluding hydrogens is 278 g/mol. The Morgan fingerprint density at radius 1 is 1.39 bits per heavy atom. The number of amides is 1. The van der Waals surface area contributed by atoms with Gasteiger partial charge in [-0.15, -0.1) is 0 Å². The molecule has 0 saturated heterocycles. The summed E-state index contributed by atoms with van der Waals surface area (Å²) in [6.07, 6.45) is 1.71. The molecule has 0 unspecified atom stereocenters. The zero-order chi connectivity index (χ0) is 13.6. The maximum Gasteiger partial charge on any atom is 0.242 e. The lowest BCUT2D eigenvalue weighted by atomic mass is 10.4. The van der Waals surface area contributed by atoms with Gasteiger partial charge in [0.1, 0.15) is 10.0 Å². The predicted molar refractivity (Wildman–Crippen MR) is 67.7 cm³/mol. The number of sulfonamides is 1. The highest BCUT2D eigenvalue weighted by Gasteiger charge is 2.13. The van der Waals surface area contributed by atoms with E-state index in [0.29, 0.717) is 13.0 Å². The highest BCUT2D eigenvalue weighted by molar-refractivity contribution is 7.89. The monoisotopic (exact) mass is 291 g/mol. The van der Waals surface area contributed by atoms with E-state index in [4.69, 9.17) is 11.6 Å². The van der Waals surface area contributed by atoms with Crippen LogP contribution in [0.3, 0.4) is 0 Å². The van der Waals surface area contributed by atoms with Crippen LogP contribution in [-0.2, 0) is 14.8 Å². The summed E-state index contributed by atoms with van der Waals surface area (Å²) in [5.74, 6) is -0.139. The van der Waals surface area contributed by atoms with Crippen molar-refractivity contribution in [2.24, 2.45) is 0 Å². The van der Waals surface area contributed by atoms with Gasteiger partial charge >= 0.3 is 0 Å². The molecule has 1 aromatic heterocycles. The molecule has 1 rings (SSSR count). The minimum Gasteiger partial charge on any atom is -0.356 e. The van der Waals surface area contributed by atoms with Gasteiger partial charge in [0.2, 0.25) is 15.9 Å². The zero-order valence-electron chi connectivity index (χ0n) is 9.81. The lowest BCUT2D eigenvalue weighted by molar-refractivity contribution is -0.118. The van der Waals surface area contributed by atoms with Gasteiger partial charge in [0.15, 0.2) is 0 Å². The molecule has 0 aliphatic rings. The summed E-state index contributed by atoms with van der Waals surface area (Å²) >= 11 is 5.57. The van der Waals surface area contributed by atoms with Crippen LogP contribution in [0.1, 0.15) is 13.3 Å². The van der Waals surface area contributed by atoms with Crippen LogP contribution in [0.2, 0.25) is 5.15 Å². The Bertz CT molecular complexity index is 502. The smallest absolute Gasteiger partial charge is 0.242 e. The average Bonchev–Trinajstić information content (AvgIpc) is 2.28. The van der Waals surface area contributed by atoms with E-state index in [9.17, 15) is 13.2 Å². The number of rotatable bonds is 6. The van der Waals surface area contributed by atoms with Crippen LogP contribution in [0.5, 0.6) is 0 Å². The number of nitrogens with zero attached hydrogens (tertiary/aromatic N) is 1. The summed E-state index contributed by atoms with van der Waals surface area (Å²) in [6, 6.07) is 2.79. The van der Waals surface area contributed by atoms with Crippen molar-refractivity contribution in [3.8, 4) is 0 Å². The maximum atomic E-state index is 11.8. The second kappa shape index (κ2) is 6.67. The highest BCUT2D eigenvalue weighted by atomic mass is 35.5. The molecule has 0 fully saturated rings. The van der Waals surface area contributed by atoms with Crippen molar-refractivity contribution in [2.75, 3.05) is 13.1 Å². The van der Waals surface area contributed by atoms with Gasteiger partial charge in [0.05, 0.1) is 0 Å². The number of hydrogen-bond donors (Lipinski definition) is 2. The van der Waals surface area contributed by atoms with Crippen LogP contribution in [0.25, 0.3) is 0 Å². The summed E-state index contributed by atoms with van der Waals surface area (Å²) in [6.45, 7) is 2.07. The SMILES string of the molecule is CC(=O)NCCCNS(=O)(=O)c1ccc(Cl)nc1. The normalized spacial score (nSPS) is 11.2. The molecule has 0 aliphatic carbocycles. The fourth-order valence-electron chi connectivity index (χ4n) is 1.16. The van der Waals surface area contributed by atoms with Crippen molar-refractivity contribution in [1.82, 2.24) is 15.0 Å². The number of hydrogen-bond acceptors (Lipinski definition) is 4. The standard InChI is InChI=1S/C10H14ClN3O3S/c1-8(15)12-5-2-6-14-18(16,17)9-3-4-10(11)13-7-9/h3-4,7,14H,2,5-6H2,1H3,(H,12,15). The topological polar surface area (TPSA) is 88.2 Å². The van der Waals surface area contributed by atoms with Gasteiger partial charge in [-0.1, -0.05) is 11.6 Å². The molecule has 1 heterocycles. The number of pyridine rings is 1. The molecule has 6 nitrogen and oxygen atoms in total. The second-order valence-electron chi connectivity index (χ2n) is 3.55. The van der Waals surface area contributed by atoms with E-state index < -0.39 is 10.0 Å². The van der Waals surface area contributed by atoms with Crippen molar-refractivity contribution < 1.29 is 13.2 Å². The second-order valence-corrected chi connectivity index (χ2v) is 5.71. The third-order valence-electron chi connectivity index (χ3n) is 2.03. The van der Waals surface area contributed by atoms with Crippen LogP contribution in [0, 0.1) is 0 Å². The number of halogens is 1. The Morgan fingerprint density at radius 3 is 2.67 bits per heavy atom. The van der Waals surface area contributed by atoms with E-state index in [0.717, 1.165) is 0 Å². The lowest BCUT2D eigenvalue weighted by Gasteiger charge is -2.06. The molecule has 0 spiro atoms. The van der Waals surface area contributed by atoms with Gasteiger partial charge in [-0.25, -0.2) is 18.1 Å². The molecule has 0 atom stereocenters. The number of carbonyl (C=O) groups excluding carboxylic acids is 1. The summed E-state index contributed by atoms with van der Waals surface area (Å²) < 4.78 is 25.9. The molecule has 100 valence electrons. The Hall–Kier alpha value is -1.18. The van der Waals surface area contributed by atoms with Crippen LogP contribution < -0.4 is 10.0 Å². The minimum absolute atomic E-state index is 0.0615. The largest absolute Gasteiger partial charge is 0.356 e. The van der Waals surface area contributed by atoms with Crippen LogP contribution >= 0.6 is 11.6 Å². The summed E-state index contributed by atoms with van der Waals surface area (Å²) in [4.78, 5) is 14.4. The van der Waals surface area contributed by atoms with Crippen LogP contribution in [-0.4, -0.2) is 32.4 Å². The summed E-state index contributed by atoms with van der Waals surface area (Å²) in [7, 11) is -3.56. The first-order valence-electron chi connectivity index (χ1n) is 5.27. The number of nitrogens with one attached hydrogen (secondary N) is 2. The highest BCUT2D eigenvalue weighted by Crippen LogP contribution is 2.10. The molecule has 0 bridgehead atoms. The molecule has 0 aromatic carbocycles. The molecule has 18 heavy (non-hydrogen) atoms. The fourth-order valence-corrected chi connectivity index (χ4v) is 2.29. The van der Waals surface area contributed by atoms with Gasteiger partial charge in [0, 0.05) is 26.2 Å². The Balaban J connectivity index is 2.45. The Morgan fingerprint density at radius 2 is 2.11 bits per heavy atom. The van der Waals surface area contributed by atoms with Gasteiger partial charge < -0.3 is 5.32 Å². The van der Waals surface area contributed by atoms with Crippen LogP contribution in [0.15, 0.2) is 23.2 Å². The molecule has 2 N–H and O–H groups in total. The molecule has 1 aromatic rings. The fraction of sp³-hybridized carbons (Fsp3) is 0.400. The third-order valence-corrected chi connectivity index (χ3v) is 3.70. The van der Waals surface area contributed by atoms with E-state index in [1.165, 1.54) is 25.3 Å². The van der Waals surface area contributed by atoms with Crippen molar-refractivity contribution in [3.63, 3.8) is 0 Å². The van der Waals surface area contributed by atoms with Crippen molar-refractivity contribution >= 4 is 27.5 Å². The van der Waals surface area contributed by atoms with Gasteiger partial charge in [-0.2, -0.15) is 0 Å². The molecule has 8 heteroatoms. The molecular formula is C10H14ClN3O3S. The lowest BCUT2D eigenvalue weighted by Crippen LogP contribution is -2.28. The van der Waals surface area contributed by atoms with Gasteiger partial charge in [-0.05, 0) is 18.6 Å². The average molecular weight is 292 g/mol. The molecule has 0 radical (unpaired) electrons. The van der Waals surface area contributed by atoms with Crippen LogP contribution in [0.4, 0.5) is 0 Å². The molecule has 0 saturated carbocycles. The van der Waals surface area contributed by atoms with Crippen molar-refractivity contribution in [3.05, 3.63) is 23.5 Å². The quantitative estimate of drug-likeness (QED) is 0.591. The Labute approximate surface area is 111 Å². The van der Waals surface area contributed by atoms with E-state index in [1.807, 2.05) is 0 Å². The summed E-state index contributed by atoms with van der Waals surface area (Å²) in [5, 5.41) is 2.81. The van der Waals surface area contributed by atoms with E-state index >= 15 is 0 Å². The molecule has 1 amide bonds. The van der Waals surface area contributed by atoms with Gasteiger partial charge in [-0.3, -0.25) is 4.79 Å². The maximum absolute atomic E-state index is 11.8. The van der Waals surface area contributed by atoms with E-state index in [-0.39, 0.29) is 22.5 Å². The first-order valence-corrected chi connectivity index (χ1v) is 7.13. The predicted octanol–water partition coefficient (Wildman–Crippen LogP) is 0.539. The number of carbonyl (C=O) groups is 1. The van der Waals surface area contributed by atoms with E-state index in [1.54, 1.807) is 0 Å². The van der Waals surface area contributed by atoms with E-state index in [2.05, 4.69) is 15.0 Å². The first kappa shape index (κ1) is 14.9. The third kappa shape index (κ3) is 4.99. The first-order chi connectivity index (χ1) is 8.42. The van der Waals surface area contributed by atoms with Crippen molar-refractivity contribution in [2.45, 2.75) is 18.2 Å². The molecule has 0 aliphatic heterocycles. The van der Waals surface area contributed by atoms with Crippen molar-refractivity contribution in [1.29, 1.82) is 0 Å². The number of aromatic nitrogens is 1. The van der Waals surface area contributed by atoms with Gasteiger partial charge in [0.25, 0.3) is 0 Å². The minimum atomic E-state index is -3.56. The zero-order valence-corrected chi connectivity index (χ0v) is 11.4. The summed E-state index contributed by atoms with van der Waals surface area (Å²) in [5.41, 5.74) is 0.